The van der Waals surface area contributed by atoms with Crippen LogP contribution in [0.5, 0.6) is 0 Å². The van der Waals surface area contributed by atoms with E-state index < -0.39 is 0 Å². The second kappa shape index (κ2) is 3.19. The summed E-state index contributed by atoms with van der Waals surface area (Å²) in [5.74, 6) is 1.82. The summed E-state index contributed by atoms with van der Waals surface area (Å²) >= 11 is 0. The van der Waals surface area contributed by atoms with Crippen molar-refractivity contribution in [3.8, 4) is 0 Å². The first kappa shape index (κ1) is 10.3. The van der Waals surface area contributed by atoms with Crippen LogP contribution in [0.3, 0.4) is 0 Å². The lowest BCUT2D eigenvalue weighted by molar-refractivity contribution is 0.149. The van der Waals surface area contributed by atoms with Crippen LogP contribution >= 0.6 is 12.4 Å². The summed E-state index contributed by atoms with van der Waals surface area (Å²) in [6.07, 6.45) is 5.55. The second-order valence-electron chi connectivity index (χ2n) is 4.66. The standard InChI is InChI=1S/C10H19N.ClH/c1-3-10(2)8-5-4-7(6-8)9(10)11;/h7-9H,3-6,11H2,1-2H3;1H/t7-,8+,9-,10-;/m1./s1. The van der Waals surface area contributed by atoms with Gasteiger partial charge in [-0.25, -0.2) is 0 Å². The van der Waals surface area contributed by atoms with Crippen molar-refractivity contribution in [1.82, 2.24) is 0 Å². The third-order valence-electron chi connectivity index (χ3n) is 4.44. The van der Waals surface area contributed by atoms with Gasteiger partial charge in [0.25, 0.3) is 0 Å². The third kappa shape index (κ3) is 1.10. The molecule has 0 aromatic rings. The maximum absolute atomic E-state index is 6.21. The SMILES string of the molecule is CC[C@]1(C)[C@H]2CC[C@H](C2)[C@H]1N.Cl. The molecule has 2 aliphatic rings. The molecule has 2 heteroatoms. The van der Waals surface area contributed by atoms with Gasteiger partial charge in [-0.05, 0) is 42.9 Å². The minimum Gasteiger partial charge on any atom is -0.327 e. The molecule has 0 heterocycles. The monoisotopic (exact) mass is 189 g/mol. The summed E-state index contributed by atoms with van der Waals surface area (Å²) in [4.78, 5) is 0. The Kier molecular flexibility index (Phi) is 2.75. The normalized spacial score (nSPS) is 50.8. The van der Waals surface area contributed by atoms with Crippen molar-refractivity contribution >= 4 is 12.4 Å². The van der Waals surface area contributed by atoms with E-state index in [4.69, 9.17) is 5.73 Å². The zero-order chi connectivity index (χ0) is 8.06. The first-order valence-corrected chi connectivity index (χ1v) is 4.94. The fourth-order valence-electron chi connectivity index (χ4n) is 3.28. The fraction of sp³-hybridized carbons (Fsp3) is 1.00. The molecule has 1 nitrogen and oxygen atoms in total. The van der Waals surface area contributed by atoms with Crippen molar-refractivity contribution in [1.29, 1.82) is 0 Å². The molecule has 2 saturated carbocycles. The van der Waals surface area contributed by atoms with Crippen LogP contribution in [0.25, 0.3) is 0 Å². The number of halogens is 1. The molecule has 0 radical (unpaired) electrons. The van der Waals surface area contributed by atoms with Gasteiger partial charge in [0.2, 0.25) is 0 Å². The quantitative estimate of drug-likeness (QED) is 0.675. The molecule has 0 spiro atoms. The Balaban J connectivity index is 0.000000720. The Bertz CT molecular complexity index is 167. The van der Waals surface area contributed by atoms with Crippen LogP contribution in [0.2, 0.25) is 0 Å². The molecule has 2 fully saturated rings. The number of fused-ring (bicyclic) bond motifs is 2. The van der Waals surface area contributed by atoms with Gasteiger partial charge in [0.15, 0.2) is 0 Å². The highest BCUT2D eigenvalue weighted by molar-refractivity contribution is 5.85. The second-order valence-corrected chi connectivity index (χ2v) is 4.66. The Morgan fingerprint density at radius 1 is 1.42 bits per heavy atom. The maximum atomic E-state index is 6.21. The van der Waals surface area contributed by atoms with E-state index in [-0.39, 0.29) is 12.4 Å². The molecule has 4 atom stereocenters. The van der Waals surface area contributed by atoms with Gasteiger partial charge in [0, 0.05) is 6.04 Å². The molecule has 0 unspecified atom stereocenters. The average molecular weight is 190 g/mol. The van der Waals surface area contributed by atoms with Crippen LogP contribution in [0, 0.1) is 17.3 Å². The van der Waals surface area contributed by atoms with E-state index in [1.807, 2.05) is 0 Å². The Labute approximate surface area is 81.5 Å². The highest BCUT2D eigenvalue weighted by Gasteiger charge is 2.52. The molecule has 0 saturated heterocycles. The topological polar surface area (TPSA) is 26.0 Å². The highest BCUT2D eigenvalue weighted by atomic mass is 35.5. The van der Waals surface area contributed by atoms with Crippen molar-refractivity contribution in [2.75, 3.05) is 0 Å². The number of hydrogen-bond acceptors (Lipinski definition) is 1. The van der Waals surface area contributed by atoms with Crippen molar-refractivity contribution in [2.24, 2.45) is 23.0 Å². The molecule has 2 rings (SSSR count). The Morgan fingerprint density at radius 3 is 2.42 bits per heavy atom. The Hall–Kier alpha value is 0.250. The minimum atomic E-state index is 0. The summed E-state index contributed by atoms with van der Waals surface area (Å²) < 4.78 is 0. The van der Waals surface area contributed by atoms with E-state index in [9.17, 15) is 0 Å². The van der Waals surface area contributed by atoms with Crippen molar-refractivity contribution in [3.05, 3.63) is 0 Å². The molecular weight excluding hydrogens is 170 g/mol. The van der Waals surface area contributed by atoms with Gasteiger partial charge in [-0.1, -0.05) is 13.8 Å². The number of hydrogen-bond donors (Lipinski definition) is 1. The summed E-state index contributed by atoms with van der Waals surface area (Å²) in [6.45, 7) is 4.68. The van der Waals surface area contributed by atoms with Gasteiger partial charge in [0.1, 0.15) is 0 Å². The van der Waals surface area contributed by atoms with Gasteiger partial charge in [-0.3, -0.25) is 0 Å². The minimum absolute atomic E-state index is 0. The van der Waals surface area contributed by atoms with Crippen LogP contribution in [0.15, 0.2) is 0 Å². The number of rotatable bonds is 1. The van der Waals surface area contributed by atoms with Crippen LogP contribution < -0.4 is 5.73 Å². The first-order valence-electron chi connectivity index (χ1n) is 4.94. The zero-order valence-electron chi connectivity index (χ0n) is 8.05. The van der Waals surface area contributed by atoms with E-state index in [1.54, 1.807) is 0 Å². The zero-order valence-corrected chi connectivity index (χ0v) is 8.86. The van der Waals surface area contributed by atoms with E-state index >= 15 is 0 Å². The first-order chi connectivity index (χ1) is 5.18. The summed E-state index contributed by atoms with van der Waals surface area (Å²) in [6, 6.07) is 0.506. The van der Waals surface area contributed by atoms with E-state index in [1.165, 1.54) is 25.7 Å². The van der Waals surface area contributed by atoms with Crippen molar-refractivity contribution in [3.63, 3.8) is 0 Å². The maximum Gasteiger partial charge on any atom is 0.0124 e. The van der Waals surface area contributed by atoms with Gasteiger partial charge >= 0.3 is 0 Å². The molecule has 0 aliphatic heterocycles. The van der Waals surface area contributed by atoms with Gasteiger partial charge in [-0.15, -0.1) is 12.4 Å². The van der Waals surface area contributed by atoms with Crippen molar-refractivity contribution < 1.29 is 0 Å². The predicted octanol–water partition coefficient (Wildman–Crippen LogP) is 2.58. The summed E-state index contributed by atoms with van der Waals surface area (Å²) in [7, 11) is 0. The lowest BCUT2D eigenvalue weighted by Crippen LogP contribution is -2.43. The predicted molar refractivity (Wildman–Crippen MR) is 54.5 cm³/mol. The molecular formula is C10H20ClN. The largest absolute Gasteiger partial charge is 0.327 e. The molecule has 12 heavy (non-hydrogen) atoms. The molecule has 72 valence electrons. The third-order valence-corrected chi connectivity index (χ3v) is 4.44. The average Bonchev–Trinajstić information content (AvgIpc) is 2.56. The van der Waals surface area contributed by atoms with E-state index in [2.05, 4.69) is 13.8 Å². The Morgan fingerprint density at radius 2 is 2.08 bits per heavy atom. The molecule has 0 aromatic heterocycles. The fourth-order valence-corrected chi connectivity index (χ4v) is 3.28. The van der Waals surface area contributed by atoms with Crippen molar-refractivity contribution in [2.45, 2.75) is 45.6 Å². The van der Waals surface area contributed by atoms with E-state index in [0.29, 0.717) is 11.5 Å². The molecule has 2 aliphatic carbocycles. The van der Waals surface area contributed by atoms with Crippen LogP contribution in [-0.2, 0) is 0 Å². The highest BCUT2D eigenvalue weighted by Crippen LogP contribution is 2.56. The van der Waals surface area contributed by atoms with Crippen LogP contribution in [0.4, 0.5) is 0 Å². The lowest BCUT2D eigenvalue weighted by atomic mass is 9.70. The molecule has 0 aromatic carbocycles. The lowest BCUT2D eigenvalue weighted by Gasteiger charge is -2.38. The summed E-state index contributed by atoms with van der Waals surface area (Å²) in [5, 5.41) is 0. The molecule has 0 amide bonds. The smallest absolute Gasteiger partial charge is 0.0124 e. The van der Waals surface area contributed by atoms with Gasteiger partial charge in [0.05, 0.1) is 0 Å². The molecule has 2 bridgehead atoms. The van der Waals surface area contributed by atoms with E-state index in [0.717, 1.165) is 11.8 Å². The number of nitrogens with two attached hydrogens (primary N) is 1. The van der Waals surface area contributed by atoms with Gasteiger partial charge < -0.3 is 5.73 Å². The molecule has 2 N–H and O–H groups in total. The van der Waals surface area contributed by atoms with Crippen LogP contribution in [-0.4, -0.2) is 6.04 Å². The van der Waals surface area contributed by atoms with Gasteiger partial charge in [-0.2, -0.15) is 0 Å². The van der Waals surface area contributed by atoms with Crippen LogP contribution in [0.1, 0.15) is 39.5 Å². The summed E-state index contributed by atoms with van der Waals surface area (Å²) in [5.41, 5.74) is 6.70.